The fourth-order valence-electron chi connectivity index (χ4n) is 3.71. The van der Waals surface area contributed by atoms with E-state index in [1.54, 1.807) is 17.5 Å². The summed E-state index contributed by atoms with van der Waals surface area (Å²) in [4.78, 5) is 17.3. The number of fused-ring (bicyclic) bond motifs is 1. The molecule has 4 heterocycles. The van der Waals surface area contributed by atoms with Crippen molar-refractivity contribution in [3.63, 3.8) is 0 Å². The predicted molar refractivity (Wildman–Crippen MR) is 94.3 cm³/mol. The monoisotopic (exact) mass is 327 g/mol. The first-order valence-corrected chi connectivity index (χ1v) is 9.28. The number of likely N-dealkylation sites (tertiary alicyclic amines) is 1. The van der Waals surface area contributed by atoms with Gasteiger partial charge in [-0.3, -0.25) is 0 Å². The van der Waals surface area contributed by atoms with Crippen molar-refractivity contribution >= 4 is 32.5 Å². The Labute approximate surface area is 140 Å². The summed E-state index contributed by atoms with van der Waals surface area (Å²) in [7, 11) is 0. The Morgan fingerprint density at radius 1 is 1.13 bits per heavy atom. The van der Waals surface area contributed by atoms with Crippen molar-refractivity contribution < 1.29 is 0 Å². The van der Waals surface area contributed by atoms with Gasteiger partial charge in [0.25, 0.3) is 5.82 Å². The highest BCUT2D eigenvalue weighted by molar-refractivity contribution is 7.22. The minimum atomic E-state index is 0.455. The van der Waals surface area contributed by atoms with Gasteiger partial charge in [-0.25, -0.2) is 4.98 Å². The van der Waals surface area contributed by atoms with Gasteiger partial charge in [0.05, 0.1) is 4.70 Å². The highest BCUT2D eigenvalue weighted by atomic mass is 32.1. The molecule has 2 saturated heterocycles. The molecule has 2 aliphatic heterocycles. The maximum atomic E-state index is 7.07. The molecule has 120 valence electrons. The van der Waals surface area contributed by atoms with Gasteiger partial charge in [0, 0.05) is 19.1 Å². The molecule has 0 spiro atoms. The van der Waals surface area contributed by atoms with Crippen LogP contribution in [-0.2, 0) is 0 Å². The van der Waals surface area contributed by atoms with Crippen LogP contribution in [-0.4, -0.2) is 47.1 Å². The molecule has 23 heavy (non-hydrogen) atoms. The predicted octanol–water partition coefficient (Wildman–Crippen LogP) is 3.70. The molecule has 2 aromatic heterocycles. The highest BCUT2D eigenvalue weighted by Gasteiger charge is 2.26. The highest BCUT2D eigenvalue weighted by Crippen LogP contribution is 2.32. The van der Waals surface area contributed by atoms with Gasteiger partial charge in [0.15, 0.2) is 5.13 Å². The van der Waals surface area contributed by atoms with Gasteiger partial charge in [0.1, 0.15) is 11.7 Å². The molecule has 0 N–H and O–H groups in total. The lowest BCUT2D eigenvalue weighted by Gasteiger charge is -2.40. The fraction of sp³-hybridized carbons (Fsp3) is 0.588. The number of nitrogens with zero attached hydrogens (tertiary/aromatic N) is 5. The van der Waals surface area contributed by atoms with Crippen LogP contribution in [0, 0.1) is 6.57 Å². The molecule has 0 aliphatic carbocycles. The van der Waals surface area contributed by atoms with Crippen LogP contribution < -0.4 is 4.90 Å². The maximum Gasteiger partial charge on any atom is 0.271 e. The first kappa shape index (κ1) is 14.9. The molecule has 0 saturated carbocycles. The van der Waals surface area contributed by atoms with E-state index in [1.165, 1.54) is 45.2 Å². The number of hydrogen-bond donors (Lipinski definition) is 0. The molecule has 0 bridgehead atoms. The smallest absolute Gasteiger partial charge is 0.271 e. The minimum Gasteiger partial charge on any atom is -0.361 e. The van der Waals surface area contributed by atoms with E-state index in [4.69, 9.17) is 11.6 Å². The van der Waals surface area contributed by atoms with Gasteiger partial charge in [-0.05, 0) is 44.8 Å². The van der Waals surface area contributed by atoms with E-state index in [-0.39, 0.29) is 0 Å². The van der Waals surface area contributed by atoms with E-state index in [0.29, 0.717) is 5.82 Å². The second kappa shape index (κ2) is 6.42. The van der Waals surface area contributed by atoms with Crippen molar-refractivity contribution in [3.05, 3.63) is 23.7 Å². The average molecular weight is 327 g/mol. The molecule has 0 aromatic carbocycles. The normalized spacial score (nSPS) is 20.7. The first-order chi connectivity index (χ1) is 11.3. The average Bonchev–Trinajstić information content (AvgIpc) is 3.05. The van der Waals surface area contributed by atoms with Gasteiger partial charge >= 0.3 is 0 Å². The molecular weight excluding hydrogens is 306 g/mol. The summed E-state index contributed by atoms with van der Waals surface area (Å²) < 4.78 is 1.07. The SMILES string of the molecule is [C-]#[N+]c1cc2sc(N3CCC(N4CCCCC4)CC3)nc2cn1. The minimum absolute atomic E-state index is 0.455. The Morgan fingerprint density at radius 3 is 2.65 bits per heavy atom. The second-order valence-corrected chi connectivity index (χ2v) is 7.44. The maximum absolute atomic E-state index is 7.07. The third-order valence-corrected chi connectivity index (χ3v) is 6.08. The van der Waals surface area contributed by atoms with Crippen LogP contribution in [0.1, 0.15) is 32.1 Å². The quantitative estimate of drug-likeness (QED) is 0.788. The van der Waals surface area contributed by atoms with E-state index in [2.05, 4.69) is 19.6 Å². The number of aromatic nitrogens is 2. The number of anilines is 1. The largest absolute Gasteiger partial charge is 0.361 e. The van der Waals surface area contributed by atoms with Gasteiger partial charge < -0.3 is 14.6 Å². The summed E-state index contributed by atoms with van der Waals surface area (Å²) in [6.07, 6.45) is 8.34. The van der Waals surface area contributed by atoms with Crippen LogP contribution in [0.3, 0.4) is 0 Å². The summed E-state index contributed by atoms with van der Waals surface area (Å²) in [5.74, 6) is 0.455. The van der Waals surface area contributed by atoms with Crippen LogP contribution in [0.4, 0.5) is 10.9 Å². The van der Waals surface area contributed by atoms with E-state index in [0.717, 1.165) is 34.5 Å². The summed E-state index contributed by atoms with van der Waals surface area (Å²) in [5, 5.41) is 1.08. The number of rotatable bonds is 2. The standard InChI is InChI=1S/C17H21N5S/c1-18-16-11-15-14(12-19-16)20-17(23-15)22-9-5-13(6-10-22)21-7-3-2-4-8-21/h11-13H,2-10H2. The Morgan fingerprint density at radius 2 is 1.91 bits per heavy atom. The summed E-state index contributed by atoms with van der Waals surface area (Å²) in [5.41, 5.74) is 0.913. The van der Waals surface area contributed by atoms with Crippen molar-refractivity contribution in [3.8, 4) is 0 Å². The van der Waals surface area contributed by atoms with Crippen LogP contribution in [0.2, 0.25) is 0 Å². The summed E-state index contributed by atoms with van der Waals surface area (Å²) >= 11 is 1.69. The lowest BCUT2D eigenvalue weighted by atomic mass is 10.0. The fourth-order valence-corrected chi connectivity index (χ4v) is 4.73. The third-order valence-electron chi connectivity index (χ3n) is 5.01. The first-order valence-electron chi connectivity index (χ1n) is 8.46. The number of piperidine rings is 2. The van der Waals surface area contributed by atoms with Gasteiger partial charge in [0.2, 0.25) is 0 Å². The summed E-state index contributed by atoms with van der Waals surface area (Å²) in [6, 6.07) is 2.61. The zero-order valence-electron chi connectivity index (χ0n) is 13.2. The van der Waals surface area contributed by atoms with Crippen LogP contribution >= 0.6 is 11.3 Å². The van der Waals surface area contributed by atoms with Crippen molar-refractivity contribution in [1.82, 2.24) is 14.9 Å². The lowest BCUT2D eigenvalue weighted by molar-refractivity contribution is 0.141. The van der Waals surface area contributed by atoms with Crippen LogP contribution in [0.15, 0.2) is 12.3 Å². The van der Waals surface area contributed by atoms with Crippen molar-refractivity contribution in [2.75, 3.05) is 31.1 Å². The number of thiazole rings is 1. The molecule has 4 rings (SSSR count). The van der Waals surface area contributed by atoms with Crippen molar-refractivity contribution in [2.45, 2.75) is 38.1 Å². The van der Waals surface area contributed by atoms with E-state index < -0.39 is 0 Å². The van der Waals surface area contributed by atoms with Crippen molar-refractivity contribution in [1.29, 1.82) is 0 Å². The van der Waals surface area contributed by atoms with Crippen LogP contribution in [0.5, 0.6) is 0 Å². The molecule has 0 radical (unpaired) electrons. The molecule has 0 unspecified atom stereocenters. The Hall–Kier alpha value is -1.71. The van der Waals surface area contributed by atoms with E-state index >= 15 is 0 Å². The van der Waals surface area contributed by atoms with Crippen molar-refractivity contribution in [2.24, 2.45) is 0 Å². The molecule has 0 atom stereocenters. The Kier molecular flexibility index (Phi) is 4.15. The van der Waals surface area contributed by atoms with E-state index in [9.17, 15) is 0 Å². The zero-order valence-corrected chi connectivity index (χ0v) is 14.1. The van der Waals surface area contributed by atoms with Gasteiger partial charge in [-0.2, -0.15) is 0 Å². The van der Waals surface area contributed by atoms with Gasteiger partial charge in [-0.15, -0.1) is 4.98 Å². The molecular formula is C17H21N5S. The van der Waals surface area contributed by atoms with E-state index in [1.807, 2.05) is 6.07 Å². The van der Waals surface area contributed by atoms with Gasteiger partial charge in [-0.1, -0.05) is 24.3 Å². The lowest BCUT2D eigenvalue weighted by Crippen LogP contribution is -2.46. The third kappa shape index (κ3) is 3.04. The molecule has 5 nitrogen and oxygen atoms in total. The molecule has 2 aromatic rings. The molecule has 0 amide bonds. The Bertz CT molecular complexity index is 720. The number of hydrogen-bond acceptors (Lipinski definition) is 5. The summed E-state index contributed by atoms with van der Waals surface area (Å²) in [6.45, 7) is 11.8. The molecule has 2 fully saturated rings. The zero-order chi connectivity index (χ0) is 15.6. The molecule has 6 heteroatoms. The topological polar surface area (TPSA) is 36.6 Å². The Balaban J connectivity index is 1.44. The molecule has 2 aliphatic rings. The number of pyridine rings is 1. The van der Waals surface area contributed by atoms with Crippen LogP contribution in [0.25, 0.3) is 15.1 Å². The second-order valence-electron chi connectivity index (χ2n) is 6.43.